The molecule has 2 aliphatic rings. The second kappa shape index (κ2) is 9.45. The Morgan fingerprint density at radius 2 is 2.03 bits per heavy atom. The Kier molecular flexibility index (Phi) is 6.35. The number of aromatic nitrogens is 2. The van der Waals surface area contributed by atoms with Gasteiger partial charge < -0.3 is 24.5 Å². The van der Waals surface area contributed by atoms with Crippen molar-refractivity contribution < 1.29 is 23.4 Å². The first-order valence-electron chi connectivity index (χ1n) is 12.1. The molecule has 1 saturated carbocycles. The third-order valence-corrected chi connectivity index (χ3v) is 7.06. The summed E-state index contributed by atoms with van der Waals surface area (Å²) in [4.78, 5) is 17.4. The van der Waals surface area contributed by atoms with Crippen molar-refractivity contribution in [3.8, 4) is 11.3 Å². The van der Waals surface area contributed by atoms with Crippen molar-refractivity contribution in [2.45, 2.75) is 51.7 Å². The second-order valence-corrected chi connectivity index (χ2v) is 9.84. The Hall–Kier alpha value is -3.20. The number of ether oxygens (including phenoxy) is 1. The van der Waals surface area contributed by atoms with Gasteiger partial charge in [-0.3, -0.25) is 0 Å². The van der Waals surface area contributed by atoms with Gasteiger partial charge in [0, 0.05) is 30.9 Å². The lowest BCUT2D eigenvalue weighted by Crippen LogP contribution is -2.45. The highest BCUT2D eigenvalue weighted by molar-refractivity contribution is 5.70. The fourth-order valence-corrected chi connectivity index (χ4v) is 5.28. The van der Waals surface area contributed by atoms with Crippen LogP contribution in [0.5, 0.6) is 0 Å². The molecule has 35 heavy (non-hydrogen) atoms. The number of pyridine rings is 1. The molecule has 2 fully saturated rings. The molecule has 3 heterocycles. The van der Waals surface area contributed by atoms with E-state index in [-0.39, 0.29) is 36.9 Å². The van der Waals surface area contributed by atoms with E-state index in [1.807, 2.05) is 25.3 Å². The number of aryl methyl sites for hydroxylation is 1. The third kappa shape index (κ3) is 4.82. The molecule has 1 amide bonds. The van der Waals surface area contributed by atoms with Gasteiger partial charge in [0.25, 0.3) is 0 Å². The highest BCUT2D eigenvalue weighted by Crippen LogP contribution is 2.34. The van der Waals surface area contributed by atoms with Crippen molar-refractivity contribution >= 4 is 17.4 Å². The number of carbonyl (C=O) groups is 1. The van der Waals surface area contributed by atoms with Gasteiger partial charge in [-0.15, -0.1) is 0 Å². The van der Waals surface area contributed by atoms with E-state index in [0.29, 0.717) is 29.5 Å². The van der Waals surface area contributed by atoms with E-state index in [9.17, 15) is 9.90 Å². The average Bonchev–Trinajstić information content (AvgIpc) is 3.36. The molecule has 1 aliphatic carbocycles. The summed E-state index contributed by atoms with van der Waals surface area (Å²) in [5.74, 6) is -0.766. The largest absolute Gasteiger partial charge is 0.465 e. The summed E-state index contributed by atoms with van der Waals surface area (Å²) in [6, 6.07) is 6.64. The summed E-state index contributed by atoms with van der Waals surface area (Å²) in [6.07, 6.45) is 3.70. The fourth-order valence-electron chi connectivity index (χ4n) is 5.28. The maximum atomic E-state index is 15.4. The topological polar surface area (TPSA) is 79.1 Å². The monoisotopic (exact) mass is 484 g/mol. The van der Waals surface area contributed by atoms with E-state index in [4.69, 9.17) is 4.74 Å². The number of nitrogens with one attached hydrogen (secondary N) is 1. The Balaban J connectivity index is 1.51. The molecule has 0 bridgehead atoms. The predicted octanol–water partition coefficient (Wildman–Crippen LogP) is 5.11. The molecule has 2 N–H and O–H groups in total. The number of nitrogens with zero attached hydrogens (tertiary/aromatic N) is 3. The summed E-state index contributed by atoms with van der Waals surface area (Å²) in [6.45, 7) is 4.86. The van der Waals surface area contributed by atoms with Gasteiger partial charge in [-0.05, 0) is 61.9 Å². The molecule has 5 rings (SSSR count). The predicted molar refractivity (Wildman–Crippen MR) is 129 cm³/mol. The number of halogens is 2. The number of amides is 1. The minimum absolute atomic E-state index is 0.182. The number of rotatable bonds is 5. The van der Waals surface area contributed by atoms with Crippen LogP contribution < -0.4 is 5.32 Å². The van der Waals surface area contributed by atoms with E-state index in [1.165, 1.54) is 17.0 Å². The first-order chi connectivity index (χ1) is 16.8. The van der Waals surface area contributed by atoms with Crippen molar-refractivity contribution in [2.75, 3.05) is 25.0 Å². The Labute approximate surface area is 202 Å². The van der Waals surface area contributed by atoms with Crippen LogP contribution in [0, 0.1) is 24.5 Å². The molecule has 1 aliphatic heterocycles. The van der Waals surface area contributed by atoms with E-state index in [1.54, 1.807) is 4.40 Å². The van der Waals surface area contributed by atoms with Gasteiger partial charge >= 0.3 is 6.09 Å². The van der Waals surface area contributed by atoms with Gasteiger partial charge in [-0.25, -0.2) is 18.6 Å². The molecule has 3 aromatic rings. The van der Waals surface area contributed by atoms with E-state index in [2.05, 4.69) is 17.2 Å². The maximum absolute atomic E-state index is 15.4. The van der Waals surface area contributed by atoms with Gasteiger partial charge in [0.1, 0.15) is 17.3 Å². The van der Waals surface area contributed by atoms with E-state index < -0.39 is 23.8 Å². The number of hydrogen-bond donors (Lipinski definition) is 2. The molecular formula is C26H30F2N4O3. The third-order valence-electron chi connectivity index (χ3n) is 7.06. The molecule has 1 aromatic carbocycles. The molecular weight excluding hydrogens is 454 g/mol. The normalized spacial score (nSPS) is 22.6. The number of imidazole rings is 1. The smallest absolute Gasteiger partial charge is 0.407 e. The molecule has 7 nitrogen and oxygen atoms in total. The van der Waals surface area contributed by atoms with Crippen LogP contribution in [0.3, 0.4) is 0 Å². The van der Waals surface area contributed by atoms with Crippen LogP contribution in [0.2, 0.25) is 0 Å². The number of morpholine rings is 1. The summed E-state index contributed by atoms with van der Waals surface area (Å²) >= 11 is 0. The molecule has 0 radical (unpaired) electrons. The maximum Gasteiger partial charge on any atom is 0.407 e. The first-order valence-corrected chi connectivity index (χ1v) is 12.1. The fraction of sp³-hybridized carbons (Fsp3) is 0.462. The van der Waals surface area contributed by atoms with Crippen molar-refractivity contribution in [1.29, 1.82) is 0 Å². The standard InChI is InChI=1S/C26H30F2N4O3/c1-15-3-4-17(9-15)29-18-11-20(27)24(21(28)12-18)25-22(32-6-5-16(2)10-23(32)30-25)13-19-14-31(26(33)34)7-8-35-19/h5-6,10-12,15,17,19,29H,3-4,7-9,13-14H2,1-2H3,(H,33,34)/t15?,17?,19-/m0/s1. The van der Waals surface area contributed by atoms with Crippen LogP contribution in [-0.2, 0) is 11.2 Å². The average molecular weight is 485 g/mol. The molecule has 1 saturated heterocycles. The lowest BCUT2D eigenvalue weighted by molar-refractivity contribution is -0.0214. The van der Waals surface area contributed by atoms with Gasteiger partial charge in [-0.2, -0.15) is 0 Å². The number of hydrogen-bond acceptors (Lipinski definition) is 4. The number of benzene rings is 1. The van der Waals surface area contributed by atoms with Gasteiger partial charge in [-0.1, -0.05) is 6.92 Å². The highest BCUT2D eigenvalue weighted by atomic mass is 19.1. The summed E-state index contributed by atoms with van der Waals surface area (Å²) in [5, 5.41) is 12.7. The Bertz CT molecular complexity index is 1240. The van der Waals surface area contributed by atoms with Crippen LogP contribution in [-0.4, -0.2) is 57.3 Å². The minimum Gasteiger partial charge on any atom is -0.465 e. The molecule has 3 atom stereocenters. The zero-order chi connectivity index (χ0) is 24.7. The second-order valence-electron chi connectivity index (χ2n) is 9.84. The summed E-state index contributed by atoms with van der Waals surface area (Å²) < 4.78 is 38.5. The summed E-state index contributed by atoms with van der Waals surface area (Å²) in [7, 11) is 0. The lowest BCUT2D eigenvalue weighted by atomic mass is 10.0. The van der Waals surface area contributed by atoms with Crippen molar-refractivity contribution in [1.82, 2.24) is 14.3 Å². The molecule has 2 unspecified atom stereocenters. The molecule has 186 valence electrons. The van der Waals surface area contributed by atoms with Crippen LogP contribution in [0.1, 0.15) is 37.4 Å². The molecule has 0 spiro atoms. The van der Waals surface area contributed by atoms with Gasteiger partial charge in [0.15, 0.2) is 0 Å². The van der Waals surface area contributed by atoms with Crippen LogP contribution in [0.15, 0.2) is 30.5 Å². The zero-order valence-electron chi connectivity index (χ0n) is 19.9. The van der Waals surface area contributed by atoms with Gasteiger partial charge in [0.05, 0.1) is 36.2 Å². The molecule has 2 aromatic heterocycles. The Morgan fingerprint density at radius 1 is 1.26 bits per heavy atom. The Morgan fingerprint density at radius 3 is 2.71 bits per heavy atom. The number of fused-ring (bicyclic) bond motifs is 1. The van der Waals surface area contributed by atoms with Crippen LogP contribution >= 0.6 is 0 Å². The SMILES string of the molecule is Cc1ccn2c(C[C@H]3CN(C(=O)O)CCO3)c(-c3c(F)cc(NC4CCC(C)C4)cc3F)nc2c1. The van der Waals surface area contributed by atoms with E-state index in [0.717, 1.165) is 24.8 Å². The van der Waals surface area contributed by atoms with Crippen molar-refractivity contribution in [3.05, 3.63) is 53.4 Å². The minimum atomic E-state index is -1.01. The first kappa shape index (κ1) is 23.5. The molecule has 9 heteroatoms. The van der Waals surface area contributed by atoms with Crippen molar-refractivity contribution in [2.24, 2.45) is 5.92 Å². The highest BCUT2D eigenvalue weighted by Gasteiger charge is 2.29. The zero-order valence-corrected chi connectivity index (χ0v) is 19.9. The lowest BCUT2D eigenvalue weighted by Gasteiger charge is -2.31. The van der Waals surface area contributed by atoms with Crippen LogP contribution in [0.25, 0.3) is 16.9 Å². The quantitative estimate of drug-likeness (QED) is 0.526. The summed E-state index contributed by atoms with van der Waals surface area (Å²) in [5.41, 5.74) is 2.58. The number of anilines is 1. The van der Waals surface area contributed by atoms with Crippen molar-refractivity contribution in [3.63, 3.8) is 0 Å². The van der Waals surface area contributed by atoms with Crippen LogP contribution in [0.4, 0.5) is 19.3 Å². The van der Waals surface area contributed by atoms with E-state index >= 15 is 8.78 Å². The van der Waals surface area contributed by atoms with Gasteiger partial charge in [0.2, 0.25) is 0 Å². The number of carboxylic acid groups (broad SMARTS) is 1.